The van der Waals surface area contributed by atoms with Gasteiger partial charge in [0.2, 0.25) is 5.91 Å². The Hall–Kier alpha value is -6.12. The smallest absolute Gasteiger partial charge is 0.272 e. The molecule has 8 heteroatoms. The van der Waals surface area contributed by atoms with Gasteiger partial charge in [-0.3, -0.25) is 14.4 Å². The van der Waals surface area contributed by atoms with Crippen LogP contribution >= 0.6 is 11.8 Å². The number of thioether (sulfide) groups is 1. The first-order chi connectivity index (χ1) is 24.0. The minimum absolute atomic E-state index is 0.0475. The molecule has 1 atom stereocenters. The number of rotatable bonds is 11. The zero-order valence-corrected chi connectivity index (χ0v) is 27.4. The standard InChI is InChI=1S/C41H33N3O4S/c1-48-37-19-11-10-18-32(37)27-36(44-39(45)30-15-6-3-7-16-30)40(46)42-33-22-24-35(25-23-33)49-38(29-13-4-2-5-14-29)41(47)43-34-21-20-28-12-8-9-17-31(28)26-34/h2-27,38H,1H3,(H,42,46)(H,43,47)(H,44,45)/b36-27-. The van der Waals surface area contributed by atoms with Gasteiger partial charge >= 0.3 is 0 Å². The lowest BCUT2D eigenvalue weighted by atomic mass is 10.1. The Labute approximate surface area is 289 Å². The van der Waals surface area contributed by atoms with Crippen molar-refractivity contribution in [2.45, 2.75) is 10.1 Å². The van der Waals surface area contributed by atoms with Gasteiger partial charge in [0.1, 0.15) is 16.7 Å². The number of para-hydroxylation sites is 1. The molecule has 0 spiro atoms. The van der Waals surface area contributed by atoms with Gasteiger partial charge in [0.05, 0.1) is 7.11 Å². The molecule has 0 bridgehead atoms. The number of hydrogen-bond donors (Lipinski definition) is 3. The molecule has 3 N–H and O–H groups in total. The number of amides is 3. The monoisotopic (exact) mass is 663 g/mol. The number of anilines is 2. The van der Waals surface area contributed by atoms with E-state index in [0.29, 0.717) is 22.6 Å². The molecule has 0 saturated heterocycles. The number of benzene rings is 6. The predicted octanol–water partition coefficient (Wildman–Crippen LogP) is 8.73. The topological polar surface area (TPSA) is 96.5 Å². The van der Waals surface area contributed by atoms with Gasteiger partial charge in [-0.1, -0.05) is 97.1 Å². The molecule has 0 aromatic heterocycles. The van der Waals surface area contributed by atoms with E-state index in [9.17, 15) is 14.4 Å². The van der Waals surface area contributed by atoms with Gasteiger partial charge in [-0.2, -0.15) is 0 Å². The molecule has 0 radical (unpaired) electrons. The minimum Gasteiger partial charge on any atom is -0.496 e. The van der Waals surface area contributed by atoms with E-state index in [1.54, 1.807) is 61.7 Å². The molecule has 0 saturated carbocycles. The molecule has 0 aliphatic carbocycles. The Balaban J connectivity index is 1.20. The molecular weight excluding hydrogens is 631 g/mol. The number of methoxy groups -OCH3 is 1. The lowest BCUT2D eigenvalue weighted by Crippen LogP contribution is -2.30. The average molecular weight is 664 g/mol. The highest BCUT2D eigenvalue weighted by Crippen LogP contribution is 2.37. The summed E-state index contributed by atoms with van der Waals surface area (Å²) in [7, 11) is 1.55. The van der Waals surface area contributed by atoms with Crippen LogP contribution in [0, 0.1) is 0 Å². The summed E-state index contributed by atoms with van der Waals surface area (Å²) in [5.74, 6) is -0.519. The average Bonchev–Trinajstić information content (AvgIpc) is 3.15. The summed E-state index contributed by atoms with van der Waals surface area (Å²) in [4.78, 5) is 41.2. The summed E-state index contributed by atoms with van der Waals surface area (Å²) in [6, 6.07) is 46.7. The van der Waals surface area contributed by atoms with Gasteiger partial charge in [-0.15, -0.1) is 11.8 Å². The van der Waals surface area contributed by atoms with Crippen LogP contribution in [0.5, 0.6) is 5.75 Å². The molecule has 0 fully saturated rings. The van der Waals surface area contributed by atoms with Crippen molar-refractivity contribution < 1.29 is 19.1 Å². The van der Waals surface area contributed by atoms with E-state index in [2.05, 4.69) is 16.0 Å². The Bertz CT molecular complexity index is 2120. The van der Waals surface area contributed by atoms with Gasteiger partial charge < -0.3 is 20.7 Å². The molecule has 7 nitrogen and oxygen atoms in total. The first-order valence-electron chi connectivity index (χ1n) is 15.6. The summed E-state index contributed by atoms with van der Waals surface area (Å²) < 4.78 is 5.46. The molecule has 3 amide bonds. The zero-order chi connectivity index (χ0) is 34.0. The van der Waals surface area contributed by atoms with Crippen LogP contribution in [0.2, 0.25) is 0 Å². The van der Waals surface area contributed by atoms with E-state index in [1.165, 1.54) is 11.8 Å². The highest BCUT2D eigenvalue weighted by molar-refractivity contribution is 8.00. The zero-order valence-electron chi connectivity index (χ0n) is 26.6. The quantitative estimate of drug-likeness (QED) is 0.0952. The van der Waals surface area contributed by atoms with Crippen molar-refractivity contribution in [1.29, 1.82) is 0 Å². The van der Waals surface area contributed by atoms with Crippen molar-refractivity contribution in [1.82, 2.24) is 5.32 Å². The Morgan fingerprint density at radius 3 is 2.02 bits per heavy atom. The maximum atomic E-state index is 13.7. The van der Waals surface area contributed by atoms with Crippen LogP contribution in [-0.4, -0.2) is 24.8 Å². The first kappa shape index (κ1) is 32.8. The summed E-state index contributed by atoms with van der Waals surface area (Å²) in [5, 5.41) is 10.3. The maximum Gasteiger partial charge on any atom is 0.272 e. The molecule has 0 aliphatic rings. The second-order valence-corrected chi connectivity index (χ2v) is 12.2. The van der Waals surface area contributed by atoms with Crippen LogP contribution in [0.15, 0.2) is 162 Å². The van der Waals surface area contributed by atoms with E-state index >= 15 is 0 Å². The second kappa shape index (κ2) is 15.6. The number of fused-ring (bicyclic) bond motifs is 1. The number of nitrogens with one attached hydrogen (secondary N) is 3. The predicted molar refractivity (Wildman–Crippen MR) is 198 cm³/mol. The fourth-order valence-corrected chi connectivity index (χ4v) is 6.24. The van der Waals surface area contributed by atoms with Crippen molar-refractivity contribution in [3.8, 4) is 5.75 Å². The molecule has 6 rings (SSSR count). The van der Waals surface area contributed by atoms with Crippen LogP contribution in [-0.2, 0) is 9.59 Å². The van der Waals surface area contributed by atoms with Gasteiger partial charge in [0.15, 0.2) is 0 Å². The molecule has 6 aromatic rings. The van der Waals surface area contributed by atoms with Gasteiger partial charge in [-0.05, 0) is 77.0 Å². The van der Waals surface area contributed by atoms with Gasteiger partial charge in [-0.25, -0.2) is 0 Å². The molecule has 49 heavy (non-hydrogen) atoms. The van der Waals surface area contributed by atoms with Crippen LogP contribution in [0.4, 0.5) is 11.4 Å². The lowest BCUT2D eigenvalue weighted by Gasteiger charge is -2.18. The molecule has 6 aromatic carbocycles. The summed E-state index contributed by atoms with van der Waals surface area (Å²) in [6.07, 6.45) is 1.58. The highest BCUT2D eigenvalue weighted by atomic mass is 32.2. The SMILES string of the molecule is COc1ccccc1/C=C(\NC(=O)c1ccccc1)C(=O)Nc1ccc(SC(C(=O)Nc2ccc3ccccc3c2)c2ccccc2)cc1. The maximum absolute atomic E-state index is 13.7. The number of ether oxygens (including phenoxy) is 1. The van der Waals surface area contributed by atoms with Crippen molar-refractivity contribution >= 4 is 57.7 Å². The Morgan fingerprint density at radius 2 is 1.29 bits per heavy atom. The third-order valence-corrected chi connectivity index (χ3v) is 8.96. The van der Waals surface area contributed by atoms with Crippen LogP contribution in [0.25, 0.3) is 16.8 Å². The van der Waals surface area contributed by atoms with Crippen LogP contribution < -0.4 is 20.7 Å². The third kappa shape index (κ3) is 8.43. The molecule has 242 valence electrons. The summed E-state index contributed by atoms with van der Waals surface area (Å²) in [6.45, 7) is 0. The molecule has 0 heterocycles. The Kier molecular flexibility index (Phi) is 10.5. The fraction of sp³-hybridized carbons (Fsp3) is 0.0488. The Morgan fingerprint density at radius 1 is 0.653 bits per heavy atom. The van der Waals surface area contributed by atoms with Crippen molar-refractivity contribution in [3.63, 3.8) is 0 Å². The normalized spacial score (nSPS) is 11.7. The van der Waals surface area contributed by atoms with E-state index in [4.69, 9.17) is 4.74 Å². The summed E-state index contributed by atoms with van der Waals surface area (Å²) >= 11 is 1.41. The van der Waals surface area contributed by atoms with E-state index in [0.717, 1.165) is 26.9 Å². The highest BCUT2D eigenvalue weighted by Gasteiger charge is 2.23. The minimum atomic E-state index is -0.531. The van der Waals surface area contributed by atoms with E-state index in [-0.39, 0.29) is 11.6 Å². The third-order valence-electron chi connectivity index (χ3n) is 7.69. The van der Waals surface area contributed by atoms with Crippen molar-refractivity contribution in [2.75, 3.05) is 17.7 Å². The molecule has 1 unspecified atom stereocenters. The number of carbonyl (C=O) groups excluding carboxylic acids is 3. The van der Waals surface area contributed by atoms with Gasteiger partial charge in [0, 0.05) is 27.4 Å². The summed E-state index contributed by atoms with van der Waals surface area (Å²) in [5.41, 5.74) is 3.20. The fourth-order valence-electron chi connectivity index (χ4n) is 5.21. The first-order valence-corrected chi connectivity index (χ1v) is 16.5. The van der Waals surface area contributed by atoms with Crippen LogP contribution in [0.3, 0.4) is 0 Å². The van der Waals surface area contributed by atoms with Crippen molar-refractivity contribution in [3.05, 3.63) is 174 Å². The number of carbonyl (C=O) groups is 3. The number of hydrogen-bond acceptors (Lipinski definition) is 5. The lowest BCUT2D eigenvalue weighted by molar-refractivity contribution is -0.116. The largest absolute Gasteiger partial charge is 0.496 e. The van der Waals surface area contributed by atoms with Crippen molar-refractivity contribution in [2.24, 2.45) is 0 Å². The van der Waals surface area contributed by atoms with Crippen LogP contribution in [0.1, 0.15) is 26.7 Å². The van der Waals surface area contributed by atoms with E-state index in [1.807, 2.05) is 103 Å². The second-order valence-electron chi connectivity index (χ2n) is 11.1. The van der Waals surface area contributed by atoms with Gasteiger partial charge in [0.25, 0.3) is 11.8 Å². The molecular formula is C41H33N3O4S. The molecule has 0 aliphatic heterocycles. The van der Waals surface area contributed by atoms with E-state index < -0.39 is 17.1 Å².